The summed E-state index contributed by atoms with van der Waals surface area (Å²) in [6.45, 7) is 0. The molecule has 0 aliphatic rings. The lowest BCUT2D eigenvalue weighted by Gasteiger charge is -2.28. The Morgan fingerprint density at radius 3 is 1.52 bits per heavy atom. The summed E-state index contributed by atoms with van der Waals surface area (Å²) in [5.41, 5.74) is 12.2. The molecule has 0 amide bonds. The maximum absolute atomic E-state index is 6.53. The van der Waals surface area contributed by atoms with E-state index < -0.39 is 0 Å². The maximum Gasteiger partial charge on any atom is 0.143 e. The number of benzene rings is 11. The second-order valence-corrected chi connectivity index (χ2v) is 15.6. The van der Waals surface area contributed by atoms with Crippen molar-refractivity contribution in [3.8, 4) is 33.4 Å². The van der Waals surface area contributed by atoms with E-state index in [4.69, 9.17) is 4.42 Å². The van der Waals surface area contributed by atoms with Gasteiger partial charge >= 0.3 is 0 Å². The summed E-state index contributed by atoms with van der Waals surface area (Å²) in [7, 11) is 0. The van der Waals surface area contributed by atoms with Crippen molar-refractivity contribution < 1.29 is 4.42 Å². The molecule has 0 saturated carbocycles. The number of hydrogen-bond donors (Lipinski definition) is 0. The van der Waals surface area contributed by atoms with Gasteiger partial charge in [0, 0.05) is 33.1 Å². The number of hydrogen-bond acceptors (Lipinski definition) is 2. The first kappa shape index (κ1) is 34.1. The molecule has 280 valence electrons. The quantitative estimate of drug-likeness (QED) is 0.157. The first-order valence-electron chi connectivity index (χ1n) is 20.6. The van der Waals surface area contributed by atoms with Gasteiger partial charge in [0.2, 0.25) is 0 Å². The van der Waals surface area contributed by atoms with Crippen LogP contribution in [-0.2, 0) is 0 Å². The largest absolute Gasteiger partial charge is 0.455 e. The van der Waals surface area contributed by atoms with Crippen LogP contribution in [0.15, 0.2) is 229 Å². The van der Waals surface area contributed by atoms with Crippen molar-refractivity contribution in [3.63, 3.8) is 0 Å². The van der Waals surface area contributed by atoms with Crippen LogP contribution >= 0.6 is 0 Å². The molecule has 11 aromatic carbocycles. The summed E-state index contributed by atoms with van der Waals surface area (Å²) < 4.78 is 6.53. The molecule has 60 heavy (non-hydrogen) atoms. The molecule has 0 aliphatic carbocycles. The van der Waals surface area contributed by atoms with E-state index in [0.29, 0.717) is 0 Å². The van der Waals surface area contributed by atoms with Crippen LogP contribution in [0, 0.1) is 0 Å². The zero-order valence-electron chi connectivity index (χ0n) is 32.7. The summed E-state index contributed by atoms with van der Waals surface area (Å²) in [6, 6.07) is 81.3. The lowest BCUT2D eigenvalue weighted by atomic mass is 9.94. The van der Waals surface area contributed by atoms with Crippen LogP contribution < -0.4 is 4.90 Å². The fourth-order valence-corrected chi connectivity index (χ4v) is 9.36. The predicted octanol–water partition coefficient (Wildman–Crippen LogP) is 16.7. The van der Waals surface area contributed by atoms with Crippen LogP contribution in [0.4, 0.5) is 17.1 Å². The van der Waals surface area contributed by atoms with Crippen LogP contribution in [-0.4, -0.2) is 0 Å². The van der Waals surface area contributed by atoms with E-state index in [1.807, 2.05) is 0 Å². The molecule has 0 aliphatic heterocycles. The van der Waals surface area contributed by atoms with Crippen molar-refractivity contribution in [1.29, 1.82) is 0 Å². The van der Waals surface area contributed by atoms with Gasteiger partial charge in [-0.15, -0.1) is 0 Å². The molecule has 0 saturated heterocycles. The first-order chi connectivity index (χ1) is 29.7. The van der Waals surface area contributed by atoms with Crippen molar-refractivity contribution in [2.24, 2.45) is 0 Å². The molecule has 2 heteroatoms. The second-order valence-electron chi connectivity index (χ2n) is 15.6. The predicted molar refractivity (Wildman–Crippen MR) is 255 cm³/mol. The maximum atomic E-state index is 6.53. The zero-order chi connectivity index (χ0) is 39.6. The highest BCUT2D eigenvalue weighted by molar-refractivity contribution is 6.16. The van der Waals surface area contributed by atoms with Crippen LogP contribution in [0.5, 0.6) is 0 Å². The van der Waals surface area contributed by atoms with Crippen molar-refractivity contribution in [1.82, 2.24) is 0 Å². The first-order valence-corrected chi connectivity index (χ1v) is 20.6. The van der Waals surface area contributed by atoms with Crippen LogP contribution in [0.3, 0.4) is 0 Å². The van der Waals surface area contributed by atoms with Gasteiger partial charge in [-0.2, -0.15) is 0 Å². The average molecular weight is 764 g/mol. The van der Waals surface area contributed by atoms with E-state index in [1.54, 1.807) is 0 Å². The molecule has 0 unspecified atom stereocenters. The molecular weight excluding hydrogens is 727 g/mol. The zero-order valence-corrected chi connectivity index (χ0v) is 32.7. The topological polar surface area (TPSA) is 16.4 Å². The van der Waals surface area contributed by atoms with Gasteiger partial charge in [-0.25, -0.2) is 0 Å². The number of furan rings is 1. The third-order valence-corrected chi connectivity index (χ3v) is 12.3. The van der Waals surface area contributed by atoms with Gasteiger partial charge in [0.1, 0.15) is 11.2 Å². The molecule has 2 nitrogen and oxygen atoms in total. The average Bonchev–Trinajstić information content (AvgIpc) is 3.70. The van der Waals surface area contributed by atoms with Crippen LogP contribution in [0.25, 0.3) is 98.4 Å². The van der Waals surface area contributed by atoms with Gasteiger partial charge in [0.05, 0.1) is 5.69 Å². The number of rotatable bonds is 6. The van der Waals surface area contributed by atoms with Crippen molar-refractivity contribution in [3.05, 3.63) is 224 Å². The molecule has 1 heterocycles. The highest BCUT2D eigenvalue weighted by Gasteiger charge is 2.20. The van der Waals surface area contributed by atoms with Crippen molar-refractivity contribution in [2.75, 3.05) is 4.90 Å². The van der Waals surface area contributed by atoms with E-state index in [0.717, 1.165) is 55.5 Å². The van der Waals surface area contributed by atoms with E-state index in [-0.39, 0.29) is 0 Å². The molecule has 0 spiro atoms. The monoisotopic (exact) mass is 763 g/mol. The Balaban J connectivity index is 1.01. The highest BCUT2D eigenvalue weighted by atomic mass is 16.3. The Morgan fingerprint density at radius 1 is 0.283 bits per heavy atom. The van der Waals surface area contributed by atoms with E-state index in [1.165, 1.54) is 60.0 Å². The Labute approximate surface area is 347 Å². The summed E-state index contributed by atoms with van der Waals surface area (Å²) in [5.74, 6) is 0. The third kappa shape index (κ3) is 5.57. The molecule has 0 radical (unpaired) electrons. The van der Waals surface area contributed by atoms with E-state index in [9.17, 15) is 0 Å². The van der Waals surface area contributed by atoms with Crippen molar-refractivity contribution in [2.45, 2.75) is 0 Å². The smallest absolute Gasteiger partial charge is 0.143 e. The van der Waals surface area contributed by atoms with E-state index >= 15 is 0 Å². The third-order valence-electron chi connectivity index (χ3n) is 12.3. The fraction of sp³-hybridized carbons (Fsp3) is 0. The minimum Gasteiger partial charge on any atom is -0.455 e. The molecule has 0 N–H and O–H groups in total. The summed E-state index contributed by atoms with van der Waals surface area (Å²) in [5, 5.41) is 12.1. The van der Waals surface area contributed by atoms with Gasteiger partial charge in [-0.3, -0.25) is 0 Å². The van der Waals surface area contributed by atoms with E-state index in [2.05, 4.69) is 229 Å². The van der Waals surface area contributed by atoms with Gasteiger partial charge in [0.15, 0.2) is 0 Å². The summed E-state index contributed by atoms with van der Waals surface area (Å²) in [4.78, 5) is 2.40. The fourth-order valence-electron chi connectivity index (χ4n) is 9.36. The SMILES string of the molecule is c1ccc(N(c2ccc(-c3cccc4ccccc34)cc2)c2ccc(-c3cccc4c3ccc3ccccc34)cc2)c(-c2ccc3oc4c5ccccc5ccc4c3c2)c1. The Bertz CT molecular complexity index is 3590. The van der Waals surface area contributed by atoms with Crippen molar-refractivity contribution >= 4 is 82.1 Å². The molecule has 1 aromatic heterocycles. The molecule has 0 bridgehead atoms. The number of nitrogens with zero attached hydrogens (tertiary/aromatic N) is 1. The lowest BCUT2D eigenvalue weighted by molar-refractivity contribution is 0.672. The normalized spacial score (nSPS) is 11.7. The number of fused-ring (bicyclic) bond motifs is 9. The Kier molecular flexibility index (Phi) is 7.89. The Hall–Kier alpha value is -7.94. The van der Waals surface area contributed by atoms with Crippen LogP contribution in [0.2, 0.25) is 0 Å². The standard InChI is InChI=1S/C58H37NO/c1-4-15-46-38(11-1)14-9-19-47(46)41-23-30-44(31-24-41)59(45-32-25-42(26-33-45)49-20-10-21-52-48-16-5-2-12-39(48)27-34-53(49)52)56-22-8-7-17-50(56)43-29-36-57-55(37-43)54-35-28-40-13-3-6-18-51(40)58(54)60-57/h1-37H. The Morgan fingerprint density at radius 2 is 0.783 bits per heavy atom. The summed E-state index contributed by atoms with van der Waals surface area (Å²) in [6.07, 6.45) is 0. The highest BCUT2D eigenvalue weighted by Crippen LogP contribution is 2.44. The summed E-state index contributed by atoms with van der Waals surface area (Å²) >= 11 is 0. The molecule has 0 atom stereocenters. The van der Waals surface area contributed by atoms with Gasteiger partial charge < -0.3 is 9.32 Å². The molecule has 0 fully saturated rings. The van der Waals surface area contributed by atoms with Gasteiger partial charge in [-0.05, 0) is 114 Å². The molecular formula is C58H37NO. The van der Waals surface area contributed by atoms with Gasteiger partial charge in [-0.1, -0.05) is 176 Å². The molecule has 12 rings (SSSR count). The number of anilines is 3. The number of para-hydroxylation sites is 1. The lowest BCUT2D eigenvalue weighted by Crippen LogP contribution is -2.11. The minimum absolute atomic E-state index is 0.889. The molecule has 12 aromatic rings. The van der Waals surface area contributed by atoms with Crippen LogP contribution in [0.1, 0.15) is 0 Å². The van der Waals surface area contributed by atoms with Gasteiger partial charge in [0.25, 0.3) is 0 Å². The minimum atomic E-state index is 0.889. The second kappa shape index (κ2) is 13.9.